The third-order valence-electron chi connectivity index (χ3n) is 7.72. The summed E-state index contributed by atoms with van der Waals surface area (Å²) in [4.78, 5) is 0. The van der Waals surface area contributed by atoms with Gasteiger partial charge in [0.1, 0.15) is 0 Å². The van der Waals surface area contributed by atoms with E-state index >= 15 is 0 Å². The van der Waals surface area contributed by atoms with Gasteiger partial charge in [0, 0.05) is 11.4 Å². The minimum Gasteiger partial charge on any atom is -0.399 e. The number of benzene rings is 4. The Labute approximate surface area is 230 Å². The number of unbranched alkanes of at least 4 members (excludes halogenated alkanes) is 3. The van der Waals surface area contributed by atoms with Crippen LogP contribution in [-0.4, -0.2) is 0 Å². The second kappa shape index (κ2) is 13.9. The average Bonchev–Trinajstić information content (AvgIpc) is 2.94. The van der Waals surface area contributed by atoms with Crippen LogP contribution in [-0.2, 0) is 38.5 Å². The molecule has 0 amide bonds. The number of anilines is 2. The van der Waals surface area contributed by atoms with Crippen LogP contribution in [0.5, 0.6) is 0 Å². The predicted molar refractivity (Wildman–Crippen MR) is 165 cm³/mol. The molecular formula is C36H44N2. The van der Waals surface area contributed by atoms with Crippen LogP contribution >= 0.6 is 0 Å². The van der Waals surface area contributed by atoms with Crippen molar-refractivity contribution in [3.63, 3.8) is 0 Å². The fourth-order valence-electron chi connectivity index (χ4n) is 5.45. The average molecular weight is 505 g/mol. The maximum atomic E-state index is 5.83. The zero-order valence-corrected chi connectivity index (χ0v) is 23.3. The molecule has 0 radical (unpaired) electrons. The lowest BCUT2D eigenvalue weighted by Crippen LogP contribution is -1.98. The third-order valence-corrected chi connectivity index (χ3v) is 7.72. The Bertz CT molecular complexity index is 1180. The summed E-state index contributed by atoms with van der Waals surface area (Å²) in [5, 5.41) is 0. The Morgan fingerprint density at radius 3 is 1.16 bits per heavy atom. The van der Waals surface area contributed by atoms with Gasteiger partial charge in [0.05, 0.1) is 0 Å². The van der Waals surface area contributed by atoms with E-state index < -0.39 is 0 Å². The predicted octanol–water partition coefficient (Wildman–Crippen LogP) is 8.50. The number of nitrogens with two attached hydrogens (primary N) is 2. The first-order valence-corrected chi connectivity index (χ1v) is 14.4. The van der Waals surface area contributed by atoms with Crippen molar-refractivity contribution in [1.29, 1.82) is 0 Å². The smallest absolute Gasteiger partial charge is 0.0314 e. The number of hydrogen-bond donors (Lipinski definition) is 2. The summed E-state index contributed by atoms with van der Waals surface area (Å²) in [5.41, 5.74) is 24.8. The number of hydrogen-bond acceptors (Lipinski definition) is 2. The SMILES string of the molecule is CCc1cc(Cc2ccc(N)cc2)ccc1CCCCCCc1ccc(Cc2ccc(N)cc2)cc1CC. The summed E-state index contributed by atoms with van der Waals surface area (Å²) in [5.74, 6) is 0. The molecule has 0 aliphatic heterocycles. The highest BCUT2D eigenvalue weighted by atomic mass is 14.5. The van der Waals surface area contributed by atoms with E-state index in [1.807, 2.05) is 24.3 Å². The van der Waals surface area contributed by atoms with Crippen molar-refractivity contribution in [1.82, 2.24) is 0 Å². The first kappa shape index (κ1) is 27.5. The van der Waals surface area contributed by atoms with E-state index in [-0.39, 0.29) is 0 Å². The second-order valence-electron chi connectivity index (χ2n) is 10.7. The van der Waals surface area contributed by atoms with Gasteiger partial charge in [-0.15, -0.1) is 0 Å². The highest BCUT2D eigenvalue weighted by Gasteiger charge is 2.06. The molecule has 2 nitrogen and oxygen atoms in total. The number of nitrogen functional groups attached to an aromatic ring is 2. The molecule has 198 valence electrons. The molecule has 4 N–H and O–H groups in total. The molecule has 0 fully saturated rings. The molecule has 38 heavy (non-hydrogen) atoms. The number of aryl methyl sites for hydroxylation is 4. The Morgan fingerprint density at radius 1 is 0.421 bits per heavy atom. The van der Waals surface area contributed by atoms with Gasteiger partial charge in [0.2, 0.25) is 0 Å². The normalized spacial score (nSPS) is 11.1. The zero-order valence-electron chi connectivity index (χ0n) is 23.3. The molecule has 0 heterocycles. The Hall–Kier alpha value is -3.52. The molecule has 0 atom stereocenters. The van der Waals surface area contributed by atoms with Crippen LogP contribution in [0.25, 0.3) is 0 Å². The standard InChI is InChI=1S/C36H44N2/c1-3-31-25-29(23-27-13-19-35(37)20-14-27)11-17-33(31)9-7-5-6-8-10-34-18-12-30(26-32(34)4-2)24-28-15-21-36(38)22-16-28/h11-22,25-26H,3-10,23-24,37-38H2,1-2H3. The molecular weight excluding hydrogens is 460 g/mol. The molecule has 0 aliphatic carbocycles. The van der Waals surface area contributed by atoms with Gasteiger partial charge in [-0.1, -0.05) is 87.4 Å². The molecule has 4 rings (SSSR count). The van der Waals surface area contributed by atoms with Crippen LogP contribution in [0.2, 0.25) is 0 Å². The van der Waals surface area contributed by atoms with Crippen molar-refractivity contribution >= 4 is 11.4 Å². The highest BCUT2D eigenvalue weighted by Crippen LogP contribution is 2.21. The van der Waals surface area contributed by atoms with E-state index in [0.717, 1.165) is 37.1 Å². The molecule has 4 aromatic carbocycles. The van der Waals surface area contributed by atoms with Crippen molar-refractivity contribution in [2.45, 2.75) is 78.1 Å². The highest BCUT2D eigenvalue weighted by molar-refractivity contribution is 5.43. The molecule has 0 bridgehead atoms. The third kappa shape index (κ3) is 7.99. The summed E-state index contributed by atoms with van der Waals surface area (Å²) in [6.07, 6.45) is 11.6. The van der Waals surface area contributed by atoms with E-state index in [1.165, 1.54) is 83.0 Å². The van der Waals surface area contributed by atoms with Gasteiger partial charge >= 0.3 is 0 Å². The van der Waals surface area contributed by atoms with Crippen LogP contribution in [0.3, 0.4) is 0 Å². The second-order valence-corrected chi connectivity index (χ2v) is 10.7. The van der Waals surface area contributed by atoms with E-state index in [1.54, 1.807) is 0 Å². The Morgan fingerprint density at radius 2 is 0.789 bits per heavy atom. The van der Waals surface area contributed by atoms with Gasteiger partial charge in [-0.2, -0.15) is 0 Å². The van der Waals surface area contributed by atoms with Gasteiger partial charge in [-0.05, 0) is 120 Å². The largest absolute Gasteiger partial charge is 0.399 e. The summed E-state index contributed by atoms with van der Waals surface area (Å²) in [6.45, 7) is 4.55. The first-order chi connectivity index (χ1) is 18.5. The summed E-state index contributed by atoms with van der Waals surface area (Å²) < 4.78 is 0. The van der Waals surface area contributed by atoms with E-state index in [9.17, 15) is 0 Å². The summed E-state index contributed by atoms with van der Waals surface area (Å²) in [7, 11) is 0. The van der Waals surface area contributed by atoms with E-state index in [4.69, 9.17) is 11.5 Å². The maximum absolute atomic E-state index is 5.83. The van der Waals surface area contributed by atoms with E-state index in [2.05, 4.69) is 74.5 Å². The fourth-order valence-corrected chi connectivity index (χ4v) is 5.45. The lowest BCUT2D eigenvalue weighted by atomic mass is 9.93. The Kier molecular flexibility index (Phi) is 10.0. The minimum atomic E-state index is 0.826. The zero-order chi connectivity index (χ0) is 26.7. The first-order valence-electron chi connectivity index (χ1n) is 14.4. The van der Waals surface area contributed by atoms with E-state index in [0.29, 0.717) is 0 Å². The molecule has 0 aromatic heterocycles. The van der Waals surface area contributed by atoms with Crippen LogP contribution in [0.4, 0.5) is 11.4 Å². The van der Waals surface area contributed by atoms with Gasteiger partial charge < -0.3 is 11.5 Å². The van der Waals surface area contributed by atoms with Crippen molar-refractivity contribution in [2.24, 2.45) is 0 Å². The molecule has 0 unspecified atom stereocenters. The lowest BCUT2D eigenvalue weighted by Gasteiger charge is -2.12. The monoisotopic (exact) mass is 504 g/mol. The van der Waals surface area contributed by atoms with Crippen molar-refractivity contribution in [2.75, 3.05) is 11.5 Å². The molecule has 2 heteroatoms. The molecule has 0 saturated carbocycles. The fraction of sp³-hybridized carbons (Fsp3) is 0.333. The molecule has 0 aliphatic rings. The van der Waals surface area contributed by atoms with Crippen LogP contribution in [0.1, 0.15) is 84.0 Å². The van der Waals surface area contributed by atoms with Gasteiger partial charge in [-0.25, -0.2) is 0 Å². The maximum Gasteiger partial charge on any atom is 0.0314 e. The summed E-state index contributed by atoms with van der Waals surface area (Å²) >= 11 is 0. The molecule has 4 aromatic rings. The molecule has 0 spiro atoms. The van der Waals surface area contributed by atoms with Gasteiger partial charge in [0.25, 0.3) is 0 Å². The Balaban J connectivity index is 1.22. The van der Waals surface area contributed by atoms with Crippen LogP contribution in [0, 0.1) is 0 Å². The lowest BCUT2D eigenvalue weighted by molar-refractivity contribution is 0.637. The quantitative estimate of drug-likeness (QED) is 0.142. The minimum absolute atomic E-state index is 0.826. The topological polar surface area (TPSA) is 52.0 Å². The van der Waals surface area contributed by atoms with Crippen molar-refractivity contribution < 1.29 is 0 Å². The van der Waals surface area contributed by atoms with Gasteiger partial charge in [0.15, 0.2) is 0 Å². The van der Waals surface area contributed by atoms with Crippen molar-refractivity contribution in [3.05, 3.63) is 129 Å². The van der Waals surface area contributed by atoms with Crippen LogP contribution < -0.4 is 11.5 Å². The van der Waals surface area contributed by atoms with Crippen molar-refractivity contribution in [3.8, 4) is 0 Å². The molecule has 0 saturated heterocycles. The van der Waals surface area contributed by atoms with Crippen LogP contribution in [0.15, 0.2) is 84.9 Å². The number of rotatable bonds is 13. The van der Waals surface area contributed by atoms with Gasteiger partial charge in [-0.3, -0.25) is 0 Å². The summed E-state index contributed by atoms with van der Waals surface area (Å²) in [6, 6.07) is 30.7.